The molecular formula is C15H28N2O2. The van der Waals surface area contributed by atoms with Gasteiger partial charge in [0.1, 0.15) is 0 Å². The Morgan fingerprint density at radius 2 is 2.16 bits per heavy atom. The maximum absolute atomic E-state index is 12.7. The van der Waals surface area contributed by atoms with E-state index in [0.717, 1.165) is 32.5 Å². The van der Waals surface area contributed by atoms with Crippen molar-refractivity contribution < 1.29 is 9.53 Å². The van der Waals surface area contributed by atoms with Crippen molar-refractivity contribution in [1.29, 1.82) is 0 Å². The van der Waals surface area contributed by atoms with Crippen LogP contribution in [0.2, 0.25) is 0 Å². The van der Waals surface area contributed by atoms with E-state index in [9.17, 15) is 4.79 Å². The standard InChI is InChI=1S/C15H28N2O2/c1-5-6-13-16-14(10(2)3)15(18)17(13)11(4)12-7-8-19-9-12/h10-14,16H,5-9H2,1-4H3. The van der Waals surface area contributed by atoms with Crippen LogP contribution in [0.1, 0.15) is 47.0 Å². The van der Waals surface area contributed by atoms with Gasteiger partial charge in [-0.05, 0) is 25.7 Å². The Morgan fingerprint density at radius 3 is 2.68 bits per heavy atom. The summed E-state index contributed by atoms with van der Waals surface area (Å²) in [7, 11) is 0. The van der Waals surface area contributed by atoms with E-state index in [1.165, 1.54) is 0 Å². The van der Waals surface area contributed by atoms with Crippen molar-refractivity contribution in [3.8, 4) is 0 Å². The molecule has 2 fully saturated rings. The average Bonchev–Trinajstić information content (AvgIpc) is 2.97. The molecule has 2 aliphatic heterocycles. The van der Waals surface area contributed by atoms with E-state index in [1.807, 2.05) is 0 Å². The van der Waals surface area contributed by atoms with Gasteiger partial charge < -0.3 is 9.64 Å². The molecule has 4 heteroatoms. The quantitative estimate of drug-likeness (QED) is 0.829. The molecule has 0 aromatic rings. The number of ether oxygens (including phenoxy) is 1. The van der Waals surface area contributed by atoms with Gasteiger partial charge in [-0.15, -0.1) is 0 Å². The van der Waals surface area contributed by atoms with Gasteiger partial charge in [0.05, 0.1) is 18.8 Å². The molecule has 1 N–H and O–H groups in total. The number of carbonyl (C=O) groups is 1. The Labute approximate surface area is 116 Å². The lowest BCUT2D eigenvalue weighted by Gasteiger charge is -2.33. The highest BCUT2D eigenvalue weighted by atomic mass is 16.5. The smallest absolute Gasteiger partial charge is 0.241 e. The lowest BCUT2D eigenvalue weighted by Crippen LogP contribution is -2.46. The highest BCUT2D eigenvalue weighted by molar-refractivity contribution is 5.85. The molecule has 19 heavy (non-hydrogen) atoms. The van der Waals surface area contributed by atoms with E-state index >= 15 is 0 Å². The molecule has 0 aromatic heterocycles. The third-order valence-corrected chi connectivity index (χ3v) is 4.54. The second-order valence-corrected chi connectivity index (χ2v) is 6.30. The molecule has 2 heterocycles. The van der Waals surface area contributed by atoms with Crippen LogP contribution in [0.5, 0.6) is 0 Å². The van der Waals surface area contributed by atoms with Crippen molar-refractivity contribution in [1.82, 2.24) is 10.2 Å². The Balaban J connectivity index is 2.11. The SMILES string of the molecule is CCCC1NC(C(C)C)C(=O)N1C(C)C1CCOC1. The Bertz CT molecular complexity index is 313. The van der Waals surface area contributed by atoms with Gasteiger partial charge in [-0.1, -0.05) is 27.2 Å². The zero-order chi connectivity index (χ0) is 14.0. The molecule has 4 atom stereocenters. The molecule has 4 unspecified atom stereocenters. The van der Waals surface area contributed by atoms with Gasteiger partial charge in [-0.25, -0.2) is 0 Å². The summed E-state index contributed by atoms with van der Waals surface area (Å²) in [6.45, 7) is 10.2. The maximum Gasteiger partial charge on any atom is 0.241 e. The molecule has 2 saturated heterocycles. The summed E-state index contributed by atoms with van der Waals surface area (Å²) in [5, 5.41) is 3.53. The largest absolute Gasteiger partial charge is 0.381 e. The molecule has 0 bridgehead atoms. The van der Waals surface area contributed by atoms with E-state index in [0.29, 0.717) is 11.8 Å². The van der Waals surface area contributed by atoms with E-state index in [-0.39, 0.29) is 24.2 Å². The van der Waals surface area contributed by atoms with E-state index in [2.05, 4.69) is 37.9 Å². The van der Waals surface area contributed by atoms with Gasteiger partial charge in [0.15, 0.2) is 0 Å². The summed E-state index contributed by atoms with van der Waals surface area (Å²) in [5.41, 5.74) is 0. The topological polar surface area (TPSA) is 41.6 Å². The van der Waals surface area contributed by atoms with Crippen molar-refractivity contribution in [2.75, 3.05) is 13.2 Å². The van der Waals surface area contributed by atoms with Crippen LogP contribution in [0.4, 0.5) is 0 Å². The summed E-state index contributed by atoms with van der Waals surface area (Å²) in [6.07, 6.45) is 3.42. The first kappa shape index (κ1) is 14.8. The minimum atomic E-state index is -0.0127. The fourth-order valence-corrected chi connectivity index (χ4v) is 3.29. The normalized spacial score (nSPS) is 33.4. The zero-order valence-corrected chi connectivity index (χ0v) is 12.7. The third kappa shape index (κ3) is 2.95. The van der Waals surface area contributed by atoms with Crippen LogP contribution < -0.4 is 5.32 Å². The van der Waals surface area contributed by atoms with E-state index < -0.39 is 0 Å². The van der Waals surface area contributed by atoms with Crippen LogP contribution in [-0.2, 0) is 9.53 Å². The molecule has 0 aliphatic carbocycles. The number of nitrogens with one attached hydrogen (secondary N) is 1. The number of hydrogen-bond acceptors (Lipinski definition) is 3. The first-order valence-electron chi connectivity index (χ1n) is 7.72. The highest BCUT2D eigenvalue weighted by Crippen LogP contribution is 2.28. The molecule has 2 rings (SSSR count). The number of hydrogen-bond donors (Lipinski definition) is 1. The Morgan fingerprint density at radius 1 is 1.42 bits per heavy atom. The fourth-order valence-electron chi connectivity index (χ4n) is 3.29. The van der Waals surface area contributed by atoms with Gasteiger partial charge in [0.25, 0.3) is 0 Å². The van der Waals surface area contributed by atoms with Crippen molar-refractivity contribution >= 4 is 5.91 Å². The van der Waals surface area contributed by atoms with Crippen molar-refractivity contribution in [2.24, 2.45) is 11.8 Å². The summed E-state index contributed by atoms with van der Waals surface area (Å²) in [4.78, 5) is 14.8. The summed E-state index contributed by atoms with van der Waals surface area (Å²) < 4.78 is 5.48. The predicted octanol–water partition coefficient (Wildman–Crippen LogP) is 1.99. The summed E-state index contributed by atoms with van der Waals surface area (Å²) in [6, 6.07) is 0.268. The Kier molecular flexibility index (Phi) is 4.85. The molecule has 2 aliphatic rings. The minimum absolute atomic E-state index is 0.0127. The molecule has 1 amide bonds. The van der Waals surface area contributed by atoms with E-state index in [4.69, 9.17) is 4.74 Å². The van der Waals surface area contributed by atoms with Crippen LogP contribution in [0.15, 0.2) is 0 Å². The fraction of sp³-hybridized carbons (Fsp3) is 0.933. The number of amides is 1. The van der Waals surface area contributed by atoms with Gasteiger partial charge in [-0.3, -0.25) is 10.1 Å². The highest BCUT2D eigenvalue weighted by Gasteiger charge is 2.44. The number of carbonyl (C=O) groups excluding carboxylic acids is 1. The van der Waals surface area contributed by atoms with Crippen LogP contribution in [0.3, 0.4) is 0 Å². The summed E-state index contributed by atoms with van der Waals surface area (Å²) >= 11 is 0. The minimum Gasteiger partial charge on any atom is -0.381 e. The molecule has 0 saturated carbocycles. The van der Waals surface area contributed by atoms with Crippen LogP contribution >= 0.6 is 0 Å². The molecule has 4 nitrogen and oxygen atoms in total. The predicted molar refractivity (Wildman–Crippen MR) is 75.7 cm³/mol. The van der Waals surface area contributed by atoms with Crippen LogP contribution in [-0.4, -0.2) is 42.3 Å². The molecule has 0 aromatic carbocycles. The summed E-state index contributed by atoms with van der Waals surface area (Å²) in [5.74, 6) is 1.13. The second-order valence-electron chi connectivity index (χ2n) is 6.30. The van der Waals surface area contributed by atoms with Crippen molar-refractivity contribution in [3.63, 3.8) is 0 Å². The number of nitrogens with zero attached hydrogens (tertiary/aromatic N) is 1. The Hall–Kier alpha value is -0.610. The van der Waals surface area contributed by atoms with Crippen LogP contribution in [0, 0.1) is 11.8 Å². The van der Waals surface area contributed by atoms with Crippen LogP contribution in [0.25, 0.3) is 0 Å². The van der Waals surface area contributed by atoms with Crippen molar-refractivity contribution in [2.45, 2.75) is 65.2 Å². The monoisotopic (exact) mass is 268 g/mol. The molecular weight excluding hydrogens is 240 g/mol. The van der Waals surface area contributed by atoms with E-state index in [1.54, 1.807) is 0 Å². The van der Waals surface area contributed by atoms with Crippen molar-refractivity contribution in [3.05, 3.63) is 0 Å². The number of rotatable bonds is 5. The molecule has 0 spiro atoms. The first-order valence-corrected chi connectivity index (χ1v) is 7.72. The maximum atomic E-state index is 12.7. The van der Waals surface area contributed by atoms with Gasteiger partial charge in [0, 0.05) is 18.6 Å². The van der Waals surface area contributed by atoms with Gasteiger partial charge in [-0.2, -0.15) is 0 Å². The zero-order valence-electron chi connectivity index (χ0n) is 12.7. The molecule has 110 valence electrons. The van der Waals surface area contributed by atoms with Gasteiger partial charge in [0.2, 0.25) is 5.91 Å². The average molecular weight is 268 g/mol. The third-order valence-electron chi connectivity index (χ3n) is 4.54. The van der Waals surface area contributed by atoms with Gasteiger partial charge >= 0.3 is 0 Å². The first-order chi connectivity index (χ1) is 9.06. The second kappa shape index (κ2) is 6.23. The molecule has 0 radical (unpaired) electrons. The lowest BCUT2D eigenvalue weighted by molar-refractivity contribution is -0.133. The lowest BCUT2D eigenvalue weighted by atomic mass is 9.97.